The molecule has 3 N–H and O–H groups in total. The van der Waals surface area contributed by atoms with E-state index in [0.717, 1.165) is 23.4 Å². The molecule has 2 aromatic rings. The number of nitrogen functional groups attached to an aromatic ring is 1. The van der Waals surface area contributed by atoms with Gasteiger partial charge in [0.1, 0.15) is 0 Å². The van der Waals surface area contributed by atoms with Gasteiger partial charge in [0, 0.05) is 30.2 Å². The summed E-state index contributed by atoms with van der Waals surface area (Å²) in [4.78, 5) is 8.77. The Labute approximate surface area is 119 Å². The van der Waals surface area contributed by atoms with Gasteiger partial charge in [-0.3, -0.25) is 0 Å². The molecule has 0 radical (unpaired) electrons. The Kier molecular flexibility index (Phi) is 3.30. The standard InChI is InChI=1S/C16H20N4/c1-16(7-2-8-16)11-20-15-18-9-13(10-19-15)12-3-5-14(17)6-4-12/h3-6,9-10H,2,7-8,11,17H2,1H3,(H,18,19,20). The monoisotopic (exact) mass is 268 g/mol. The normalized spacial score (nSPS) is 16.4. The first-order valence-corrected chi connectivity index (χ1v) is 7.07. The summed E-state index contributed by atoms with van der Waals surface area (Å²) in [5.41, 5.74) is 8.97. The van der Waals surface area contributed by atoms with Gasteiger partial charge in [0.05, 0.1) is 0 Å². The molecule has 0 amide bonds. The van der Waals surface area contributed by atoms with E-state index in [0.29, 0.717) is 11.4 Å². The molecule has 1 saturated carbocycles. The van der Waals surface area contributed by atoms with Crippen molar-refractivity contribution in [2.24, 2.45) is 5.41 Å². The van der Waals surface area contributed by atoms with E-state index in [1.165, 1.54) is 19.3 Å². The Morgan fingerprint density at radius 3 is 2.30 bits per heavy atom. The average molecular weight is 268 g/mol. The van der Waals surface area contributed by atoms with Crippen LogP contribution in [0.2, 0.25) is 0 Å². The number of hydrogen-bond donors (Lipinski definition) is 2. The van der Waals surface area contributed by atoms with Crippen LogP contribution in [-0.2, 0) is 0 Å². The summed E-state index contributed by atoms with van der Waals surface area (Å²) in [6.45, 7) is 3.26. The van der Waals surface area contributed by atoms with Crippen molar-refractivity contribution >= 4 is 11.6 Å². The molecular formula is C16H20N4. The van der Waals surface area contributed by atoms with Crippen molar-refractivity contribution in [3.05, 3.63) is 36.7 Å². The molecule has 1 fully saturated rings. The van der Waals surface area contributed by atoms with Gasteiger partial charge >= 0.3 is 0 Å². The fraction of sp³-hybridized carbons (Fsp3) is 0.375. The average Bonchev–Trinajstić information content (AvgIpc) is 2.45. The maximum Gasteiger partial charge on any atom is 0.222 e. The second kappa shape index (κ2) is 5.12. The highest BCUT2D eigenvalue weighted by Crippen LogP contribution is 2.39. The first-order chi connectivity index (χ1) is 9.65. The van der Waals surface area contributed by atoms with Gasteiger partial charge in [-0.2, -0.15) is 0 Å². The van der Waals surface area contributed by atoms with Crippen LogP contribution < -0.4 is 11.1 Å². The predicted molar refractivity (Wildman–Crippen MR) is 82.3 cm³/mol. The molecule has 1 aromatic carbocycles. The maximum absolute atomic E-state index is 5.69. The number of nitrogens with zero attached hydrogens (tertiary/aromatic N) is 2. The van der Waals surface area contributed by atoms with Gasteiger partial charge in [-0.25, -0.2) is 9.97 Å². The molecule has 1 aromatic heterocycles. The maximum atomic E-state index is 5.69. The van der Waals surface area contributed by atoms with Gasteiger partial charge in [-0.15, -0.1) is 0 Å². The lowest BCUT2D eigenvalue weighted by Crippen LogP contribution is -2.33. The molecule has 0 spiro atoms. The second-order valence-corrected chi connectivity index (χ2v) is 5.94. The lowest BCUT2D eigenvalue weighted by atomic mass is 9.70. The third-order valence-corrected chi connectivity index (χ3v) is 4.13. The van der Waals surface area contributed by atoms with E-state index < -0.39 is 0 Å². The number of aromatic nitrogens is 2. The highest BCUT2D eigenvalue weighted by molar-refractivity contribution is 5.64. The van der Waals surface area contributed by atoms with E-state index >= 15 is 0 Å². The van der Waals surface area contributed by atoms with E-state index in [1.807, 2.05) is 36.7 Å². The Balaban J connectivity index is 1.66. The van der Waals surface area contributed by atoms with Crippen LogP contribution in [0.3, 0.4) is 0 Å². The quantitative estimate of drug-likeness (QED) is 0.835. The SMILES string of the molecule is CC1(CNc2ncc(-c3ccc(N)cc3)cn2)CCC1. The Morgan fingerprint density at radius 2 is 1.75 bits per heavy atom. The minimum absolute atomic E-state index is 0.430. The second-order valence-electron chi connectivity index (χ2n) is 5.94. The first-order valence-electron chi connectivity index (χ1n) is 7.07. The van der Waals surface area contributed by atoms with Crippen molar-refractivity contribution in [1.29, 1.82) is 0 Å². The number of rotatable bonds is 4. The van der Waals surface area contributed by atoms with Crippen LogP contribution in [0, 0.1) is 5.41 Å². The molecule has 0 unspecified atom stereocenters. The smallest absolute Gasteiger partial charge is 0.222 e. The molecule has 3 rings (SSSR count). The van der Waals surface area contributed by atoms with Gasteiger partial charge < -0.3 is 11.1 Å². The zero-order valence-electron chi connectivity index (χ0n) is 11.8. The fourth-order valence-corrected chi connectivity index (χ4v) is 2.49. The van der Waals surface area contributed by atoms with Crippen LogP contribution in [-0.4, -0.2) is 16.5 Å². The molecule has 0 atom stereocenters. The third kappa shape index (κ3) is 2.74. The summed E-state index contributed by atoms with van der Waals surface area (Å²) >= 11 is 0. The highest BCUT2D eigenvalue weighted by Gasteiger charge is 2.31. The summed E-state index contributed by atoms with van der Waals surface area (Å²) < 4.78 is 0. The van der Waals surface area contributed by atoms with Crippen molar-refractivity contribution in [3.8, 4) is 11.1 Å². The molecule has 1 heterocycles. The largest absolute Gasteiger partial charge is 0.399 e. The lowest BCUT2D eigenvalue weighted by Gasteiger charge is -2.38. The lowest BCUT2D eigenvalue weighted by molar-refractivity contribution is 0.179. The molecule has 4 heteroatoms. The van der Waals surface area contributed by atoms with E-state index in [4.69, 9.17) is 5.73 Å². The van der Waals surface area contributed by atoms with Crippen molar-refractivity contribution in [1.82, 2.24) is 9.97 Å². The molecular weight excluding hydrogens is 248 g/mol. The van der Waals surface area contributed by atoms with Gasteiger partial charge in [-0.1, -0.05) is 25.5 Å². The number of nitrogens with two attached hydrogens (primary N) is 1. The minimum atomic E-state index is 0.430. The third-order valence-electron chi connectivity index (χ3n) is 4.13. The van der Waals surface area contributed by atoms with Crippen LogP contribution in [0.15, 0.2) is 36.7 Å². The van der Waals surface area contributed by atoms with Gasteiger partial charge in [0.25, 0.3) is 0 Å². The van der Waals surface area contributed by atoms with Gasteiger partial charge in [-0.05, 0) is 36.0 Å². The van der Waals surface area contributed by atoms with Crippen LogP contribution >= 0.6 is 0 Å². The zero-order chi connectivity index (χ0) is 14.0. The summed E-state index contributed by atoms with van der Waals surface area (Å²) in [5, 5.41) is 3.33. The molecule has 4 nitrogen and oxygen atoms in total. The van der Waals surface area contributed by atoms with Crippen LogP contribution in [0.25, 0.3) is 11.1 Å². The van der Waals surface area contributed by atoms with Gasteiger partial charge in [0.2, 0.25) is 5.95 Å². The molecule has 104 valence electrons. The van der Waals surface area contributed by atoms with Crippen molar-refractivity contribution < 1.29 is 0 Å². The number of anilines is 2. The van der Waals surface area contributed by atoms with Crippen molar-refractivity contribution in [3.63, 3.8) is 0 Å². The molecule has 1 aliphatic carbocycles. The van der Waals surface area contributed by atoms with E-state index in [-0.39, 0.29) is 0 Å². The number of benzene rings is 1. The predicted octanol–water partition coefficient (Wildman–Crippen LogP) is 3.33. The summed E-state index contributed by atoms with van der Waals surface area (Å²) in [5.74, 6) is 0.706. The summed E-state index contributed by atoms with van der Waals surface area (Å²) in [6.07, 6.45) is 7.64. The van der Waals surface area contributed by atoms with Crippen molar-refractivity contribution in [2.75, 3.05) is 17.6 Å². The number of hydrogen-bond acceptors (Lipinski definition) is 4. The Hall–Kier alpha value is -2.10. The molecule has 20 heavy (non-hydrogen) atoms. The van der Waals surface area contributed by atoms with Crippen LogP contribution in [0.4, 0.5) is 11.6 Å². The fourth-order valence-electron chi connectivity index (χ4n) is 2.49. The summed E-state index contributed by atoms with van der Waals surface area (Å²) in [6, 6.07) is 7.74. The van der Waals surface area contributed by atoms with E-state index in [9.17, 15) is 0 Å². The van der Waals surface area contributed by atoms with E-state index in [2.05, 4.69) is 22.2 Å². The summed E-state index contributed by atoms with van der Waals surface area (Å²) in [7, 11) is 0. The van der Waals surface area contributed by atoms with Crippen LogP contribution in [0.5, 0.6) is 0 Å². The molecule has 0 bridgehead atoms. The minimum Gasteiger partial charge on any atom is -0.399 e. The first kappa shape index (κ1) is 12.9. The molecule has 0 aliphatic heterocycles. The molecule has 1 aliphatic rings. The topological polar surface area (TPSA) is 63.8 Å². The Morgan fingerprint density at radius 1 is 1.10 bits per heavy atom. The van der Waals surface area contributed by atoms with Crippen LogP contribution in [0.1, 0.15) is 26.2 Å². The number of nitrogens with one attached hydrogen (secondary N) is 1. The van der Waals surface area contributed by atoms with Gasteiger partial charge in [0.15, 0.2) is 0 Å². The Bertz CT molecular complexity index is 570. The molecule has 0 saturated heterocycles. The highest BCUT2D eigenvalue weighted by atomic mass is 15.1. The zero-order valence-corrected chi connectivity index (χ0v) is 11.8. The van der Waals surface area contributed by atoms with E-state index in [1.54, 1.807) is 0 Å². The van der Waals surface area contributed by atoms with Crippen molar-refractivity contribution in [2.45, 2.75) is 26.2 Å².